The number of nitrogens with two attached hydrogens (primary N) is 2. The van der Waals surface area contributed by atoms with Gasteiger partial charge in [-0.2, -0.15) is 0 Å². The number of methoxy groups -OCH3 is 2. The van der Waals surface area contributed by atoms with E-state index in [0.717, 1.165) is 10.8 Å². The fourth-order valence-corrected chi connectivity index (χ4v) is 9.29. The third-order valence-corrected chi connectivity index (χ3v) is 14.0. The Labute approximate surface area is 460 Å². The van der Waals surface area contributed by atoms with Crippen LogP contribution in [0.5, 0.6) is 23.0 Å². The molecule has 0 saturated carbocycles. The van der Waals surface area contributed by atoms with Crippen LogP contribution in [0.3, 0.4) is 0 Å². The molecule has 78 heavy (non-hydrogen) atoms. The number of ketones is 2. The maximum absolute atomic E-state index is 13.6. The van der Waals surface area contributed by atoms with Crippen LogP contribution in [0.15, 0.2) is 122 Å². The number of fused-ring (bicyclic) bond motifs is 4. The van der Waals surface area contributed by atoms with Gasteiger partial charge < -0.3 is 50.8 Å². The predicted octanol–water partition coefficient (Wildman–Crippen LogP) is 8.55. The van der Waals surface area contributed by atoms with E-state index in [4.69, 9.17) is 30.4 Å². The van der Waals surface area contributed by atoms with E-state index < -0.39 is 33.9 Å². The van der Waals surface area contributed by atoms with Crippen molar-refractivity contribution < 1.29 is 57.7 Å². The second kappa shape index (κ2) is 23.4. The van der Waals surface area contributed by atoms with Gasteiger partial charge in [-0.25, -0.2) is 18.7 Å². The van der Waals surface area contributed by atoms with Gasteiger partial charge in [0.1, 0.15) is 81.0 Å². The minimum absolute atomic E-state index is 0. The summed E-state index contributed by atoms with van der Waals surface area (Å²) in [5.74, 6) is 0.565. The number of nitrogens with zero attached hydrogens (tertiary/aromatic N) is 4. The Bertz CT molecular complexity index is 3290. The Kier molecular flexibility index (Phi) is 17.5. The van der Waals surface area contributed by atoms with Gasteiger partial charge in [-0.05, 0) is 124 Å². The van der Waals surface area contributed by atoms with Gasteiger partial charge in [-0.15, -0.1) is 24.8 Å². The summed E-state index contributed by atoms with van der Waals surface area (Å²) in [6.45, 7) is 2.43. The molecule has 0 fully saturated rings. The van der Waals surface area contributed by atoms with Gasteiger partial charge in [0.2, 0.25) is 0 Å². The summed E-state index contributed by atoms with van der Waals surface area (Å²) < 4.78 is 49.6. The minimum atomic E-state index is -1.53. The van der Waals surface area contributed by atoms with Crippen LogP contribution in [0.1, 0.15) is 82.8 Å². The quantitative estimate of drug-likeness (QED) is 0.0496. The summed E-state index contributed by atoms with van der Waals surface area (Å²) in [6, 6.07) is 28.7. The Morgan fingerprint density at radius 2 is 0.987 bits per heavy atom. The van der Waals surface area contributed by atoms with Crippen LogP contribution < -0.4 is 30.4 Å². The number of aliphatic hydroxyl groups excluding tert-OH is 2. The van der Waals surface area contributed by atoms with Crippen LogP contribution >= 0.6 is 24.8 Å². The predicted molar refractivity (Wildman–Crippen MR) is 294 cm³/mol. The zero-order valence-corrected chi connectivity index (χ0v) is 44.6. The summed E-state index contributed by atoms with van der Waals surface area (Å²) in [5, 5.41) is 44.5. The first-order chi connectivity index (χ1) is 36.3. The highest BCUT2D eigenvalue weighted by atomic mass is 35.5. The number of benzene rings is 4. The van der Waals surface area contributed by atoms with Crippen LogP contribution in [-0.4, -0.2) is 92.6 Å². The lowest BCUT2D eigenvalue weighted by Gasteiger charge is -2.26. The molecule has 8 N–H and O–H groups in total. The summed E-state index contributed by atoms with van der Waals surface area (Å²) in [5.41, 5.74) is 13.0. The molecule has 0 aliphatic carbocycles. The second-order valence-corrected chi connectivity index (χ2v) is 19.6. The fourth-order valence-electron chi connectivity index (χ4n) is 9.29. The van der Waals surface area contributed by atoms with Gasteiger partial charge in [0, 0.05) is 69.4 Å². The molecule has 2 unspecified atom stereocenters. The van der Waals surface area contributed by atoms with E-state index in [9.17, 15) is 38.8 Å². The van der Waals surface area contributed by atoms with E-state index in [0.29, 0.717) is 78.8 Å². The standard InChI is InChI=1S/2C29H28FN3O5.2ClH/c2*1-28(36,10-9-22(35)19-12-18-4-3-11-32-25(18)23(13-19)37-2)24-14-21-27(38-16-29(21,31)15-34)26(33-24)17-5-7-20(30)8-6-17;;/h2*3-8,11-14,34,36H,9-10,15-16,31H2,1-2H3;2*1H/t2*28-,29?;;/m10../s1. The average molecular weight is 1110 g/mol. The zero-order chi connectivity index (χ0) is 54.2. The molecule has 2 aliphatic rings. The first kappa shape index (κ1) is 58.4. The van der Waals surface area contributed by atoms with Crippen molar-refractivity contribution in [1.29, 1.82) is 0 Å². The van der Waals surface area contributed by atoms with Gasteiger partial charge in [0.05, 0.1) is 38.8 Å². The van der Waals surface area contributed by atoms with Crippen molar-refractivity contribution in [1.82, 2.24) is 19.9 Å². The number of pyridine rings is 4. The lowest BCUT2D eigenvalue weighted by Crippen LogP contribution is -2.42. The second-order valence-electron chi connectivity index (χ2n) is 19.6. The number of aromatic nitrogens is 4. The van der Waals surface area contributed by atoms with E-state index in [1.807, 2.05) is 12.1 Å². The van der Waals surface area contributed by atoms with Gasteiger partial charge >= 0.3 is 0 Å². The number of carbonyl (C=O) groups excluding carboxylic acids is 2. The molecular formula is C58H58Cl2F2N6O10. The molecular weight excluding hydrogens is 1050 g/mol. The Morgan fingerprint density at radius 3 is 1.33 bits per heavy atom. The highest BCUT2D eigenvalue weighted by Crippen LogP contribution is 2.46. The number of Topliss-reactive ketones (excluding diaryl/α,β-unsaturated/α-hetero) is 2. The topological polar surface area (TPSA) is 256 Å². The molecule has 0 amide bonds. The molecule has 4 aromatic heterocycles. The lowest BCUT2D eigenvalue weighted by atomic mass is 9.87. The fraction of sp³-hybridized carbons (Fsp3) is 0.276. The number of halogens is 4. The number of aliphatic hydroxyl groups is 4. The zero-order valence-electron chi connectivity index (χ0n) is 43.0. The SMILES string of the molecule is COc1cc(C(=O)CC[C@@](C)(O)c2cc3c(c(-c4ccc(F)cc4)n2)OCC3(N)CO)cc2cccnc12.COc1cc(C(=O)CC[C@](C)(O)c2cc3c(c(-c4ccc(F)cc4)n2)OCC3(N)CO)cc2cccnc12.Cl.Cl. The third kappa shape index (κ3) is 11.6. The number of hydrogen-bond donors (Lipinski definition) is 6. The molecule has 16 nitrogen and oxygen atoms in total. The Morgan fingerprint density at radius 1 is 0.615 bits per heavy atom. The first-order valence-corrected chi connectivity index (χ1v) is 24.4. The molecule has 0 bridgehead atoms. The van der Waals surface area contributed by atoms with Gasteiger partial charge in [-0.3, -0.25) is 19.6 Å². The van der Waals surface area contributed by atoms with Crippen LogP contribution in [0.4, 0.5) is 8.78 Å². The molecule has 4 atom stereocenters. The maximum atomic E-state index is 13.6. The van der Waals surface area contributed by atoms with Crippen molar-refractivity contribution in [2.45, 2.75) is 61.8 Å². The van der Waals surface area contributed by atoms with Crippen LogP contribution in [0.2, 0.25) is 0 Å². The van der Waals surface area contributed by atoms with Crippen molar-refractivity contribution in [2.24, 2.45) is 11.5 Å². The first-order valence-electron chi connectivity index (χ1n) is 24.4. The monoisotopic (exact) mass is 1110 g/mol. The van der Waals surface area contributed by atoms with Crippen molar-refractivity contribution in [2.75, 3.05) is 40.6 Å². The molecule has 6 heterocycles. The van der Waals surface area contributed by atoms with E-state index in [1.165, 1.54) is 38.5 Å². The van der Waals surface area contributed by atoms with Crippen molar-refractivity contribution in [3.8, 4) is 45.5 Å². The summed E-state index contributed by atoms with van der Waals surface area (Å²) in [6.07, 6.45) is 3.49. The highest BCUT2D eigenvalue weighted by molar-refractivity contribution is 6.02. The van der Waals surface area contributed by atoms with Crippen molar-refractivity contribution in [3.63, 3.8) is 0 Å². The van der Waals surface area contributed by atoms with Crippen LogP contribution in [0.25, 0.3) is 44.3 Å². The van der Waals surface area contributed by atoms with E-state index in [-0.39, 0.29) is 99.9 Å². The maximum Gasteiger partial charge on any atom is 0.163 e. The van der Waals surface area contributed by atoms with E-state index >= 15 is 0 Å². The summed E-state index contributed by atoms with van der Waals surface area (Å²) >= 11 is 0. The normalized spacial score (nSPS) is 17.6. The molecule has 4 aromatic carbocycles. The molecule has 0 radical (unpaired) electrons. The van der Waals surface area contributed by atoms with Crippen LogP contribution in [0, 0.1) is 11.6 Å². The van der Waals surface area contributed by atoms with E-state index in [1.54, 1.807) is 99.0 Å². The Balaban J connectivity index is 0.000000220. The minimum Gasteiger partial charge on any atom is -0.494 e. The third-order valence-electron chi connectivity index (χ3n) is 14.0. The molecule has 8 aromatic rings. The van der Waals surface area contributed by atoms with Gasteiger partial charge in [0.15, 0.2) is 23.1 Å². The Hall–Kier alpha value is -7.26. The number of ether oxygens (including phenoxy) is 4. The molecule has 408 valence electrons. The molecule has 0 spiro atoms. The molecule has 10 rings (SSSR count). The largest absolute Gasteiger partial charge is 0.494 e. The number of rotatable bonds is 16. The molecule has 2 aliphatic heterocycles. The van der Waals surface area contributed by atoms with Crippen LogP contribution in [-0.2, 0) is 22.3 Å². The average Bonchev–Trinajstić information content (AvgIpc) is 4.09. The lowest BCUT2D eigenvalue weighted by molar-refractivity contribution is 0.0395. The van der Waals surface area contributed by atoms with E-state index in [2.05, 4.69) is 19.9 Å². The van der Waals surface area contributed by atoms with Gasteiger partial charge in [0.25, 0.3) is 0 Å². The van der Waals surface area contributed by atoms with Crippen molar-refractivity contribution >= 4 is 58.2 Å². The summed E-state index contributed by atoms with van der Waals surface area (Å²) in [4.78, 5) is 44.3. The molecule has 0 saturated heterocycles. The summed E-state index contributed by atoms with van der Waals surface area (Å²) in [7, 11) is 3.04. The number of carbonyl (C=O) groups is 2. The van der Waals surface area contributed by atoms with Crippen molar-refractivity contribution in [3.05, 3.63) is 167 Å². The van der Waals surface area contributed by atoms with Gasteiger partial charge in [-0.1, -0.05) is 12.1 Å². The molecule has 20 heteroatoms. The smallest absolute Gasteiger partial charge is 0.163 e. The highest BCUT2D eigenvalue weighted by Gasteiger charge is 2.43. The number of hydrogen-bond acceptors (Lipinski definition) is 16.